The minimum atomic E-state index is -0.0531. The first-order valence-corrected chi connectivity index (χ1v) is 10.2. The number of benzene rings is 1. The molecule has 0 atom stereocenters. The smallest absolute Gasteiger partial charge is 0.259 e. The standard InChI is InChI=1S/C22H36N4O2.HI/c1-17-9-11-18(12-10-17)15-26(5)22(23-2)24-14-19-7-6-8-20(13-19)28-16-21(27)25(3)4;/h6-8,13,17-18H,9-12,14-16H2,1-5H3,(H,23,24);1H. The lowest BCUT2D eigenvalue weighted by Crippen LogP contribution is -2.41. The van der Waals surface area contributed by atoms with Crippen LogP contribution in [0.1, 0.15) is 38.2 Å². The fourth-order valence-electron chi connectivity index (χ4n) is 3.57. The molecule has 1 N–H and O–H groups in total. The van der Waals surface area contributed by atoms with Gasteiger partial charge < -0.3 is 19.9 Å². The normalized spacial score (nSPS) is 19.1. The van der Waals surface area contributed by atoms with Gasteiger partial charge in [0.25, 0.3) is 5.91 Å². The van der Waals surface area contributed by atoms with E-state index in [0.29, 0.717) is 12.3 Å². The van der Waals surface area contributed by atoms with Crippen LogP contribution in [-0.4, -0.2) is 63.0 Å². The molecule has 0 radical (unpaired) electrons. The molecule has 1 aromatic carbocycles. The Hall–Kier alpha value is -1.51. The minimum absolute atomic E-state index is 0. The topological polar surface area (TPSA) is 57.2 Å². The van der Waals surface area contributed by atoms with Gasteiger partial charge in [-0.3, -0.25) is 9.79 Å². The van der Waals surface area contributed by atoms with Crippen LogP contribution in [0.25, 0.3) is 0 Å². The largest absolute Gasteiger partial charge is 0.484 e. The Kier molecular flexibility index (Phi) is 11.4. The number of carbonyl (C=O) groups excluding carboxylic acids is 1. The van der Waals surface area contributed by atoms with Crippen LogP contribution in [0.2, 0.25) is 0 Å². The first-order valence-electron chi connectivity index (χ1n) is 10.2. The summed E-state index contributed by atoms with van der Waals surface area (Å²) in [5, 5.41) is 3.44. The highest BCUT2D eigenvalue weighted by Gasteiger charge is 2.20. The molecule has 0 bridgehead atoms. The van der Waals surface area contributed by atoms with E-state index in [0.717, 1.165) is 29.9 Å². The monoisotopic (exact) mass is 516 g/mol. The molecule has 2 rings (SSSR count). The van der Waals surface area contributed by atoms with E-state index in [-0.39, 0.29) is 36.5 Å². The van der Waals surface area contributed by atoms with Crippen LogP contribution in [0.4, 0.5) is 0 Å². The summed E-state index contributed by atoms with van der Waals surface area (Å²) in [4.78, 5) is 19.9. The Balaban J connectivity index is 0.00000420. The van der Waals surface area contributed by atoms with Gasteiger partial charge in [-0.15, -0.1) is 24.0 Å². The number of carbonyl (C=O) groups is 1. The average Bonchev–Trinajstić information content (AvgIpc) is 2.68. The third-order valence-corrected chi connectivity index (χ3v) is 5.45. The van der Waals surface area contributed by atoms with Crippen molar-refractivity contribution in [2.75, 3.05) is 41.3 Å². The van der Waals surface area contributed by atoms with Crippen LogP contribution in [0.3, 0.4) is 0 Å². The first kappa shape index (κ1) is 25.5. The highest BCUT2D eigenvalue weighted by Crippen LogP contribution is 2.28. The molecule has 0 saturated heterocycles. The van der Waals surface area contributed by atoms with Crippen molar-refractivity contribution in [2.45, 2.75) is 39.2 Å². The summed E-state index contributed by atoms with van der Waals surface area (Å²) in [5.74, 6) is 3.19. The summed E-state index contributed by atoms with van der Waals surface area (Å²) < 4.78 is 5.60. The van der Waals surface area contributed by atoms with Gasteiger partial charge in [0.1, 0.15) is 5.75 Å². The number of hydrogen-bond acceptors (Lipinski definition) is 3. The molecule has 7 heteroatoms. The van der Waals surface area contributed by atoms with Crippen molar-refractivity contribution in [3.05, 3.63) is 29.8 Å². The second kappa shape index (κ2) is 12.9. The molecular weight excluding hydrogens is 479 g/mol. The van der Waals surface area contributed by atoms with E-state index >= 15 is 0 Å². The molecule has 1 saturated carbocycles. The van der Waals surface area contributed by atoms with E-state index in [4.69, 9.17) is 4.74 Å². The van der Waals surface area contributed by atoms with Gasteiger partial charge in [-0.2, -0.15) is 0 Å². The van der Waals surface area contributed by atoms with E-state index in [1.807, 2.05) is 31.3 Å². The molecule has 1 aliphatic carbocycles. The van der Waals surface area contributed by atoms with Gasteiger partial charge in [0, 0.05) is 41.3 Å². The fourth-order valence-corrected chi connectivity index (χ4v) is 3.57. The average molecular weight is 516 g/mol. The third-order valence-electron chi connectivity index (χ3n) is 5.45. The molecule has 1 aliphatic rings. The van der Waals surface area contributed by atoms with E-state index in [2.05, 4.69) is 29.2 Å². The predicted molar refractivity (Wildman–Crippen MR) is 130 cm³/mol. The van der Waals surface area contributed by atoms with E-state index in [1.54, 1.807) is 14.1 Å². The Morgan fingerprint density at radius 2 is 1.90 bits per heavy atom. The number of nitrogens with one attached hydrogen (secondary N) is 1. The Morgan fingerprint density at radius 3 is 2.52 bits per heavy atom. The SMILES string of the molecule is CN=C(NCc1cccc(OCC(=O)N(C)C)c1)N(C)CC1CCC(C)CC1.I. The Labute approximate surface area is 193 Å². The number of hydrogen-bond donors (Lipinski definition) is 1. The van der Waals surface area contributed by atoms with Gasteiger partial charge in [0.15, 0.2) is 12.6 Å². The summed E-state index contributed by atoms with van der Waals surface area (Å²) >= 11 is 0. The summed E-state index contributed by atoms with van der Waals surface area (Å²) in [5.41, 5.74) is 1.09. The number of ether oxygens (including phenoxy) is 1. The predicted octanol–water partition coefficient (Wildman–Crippen LogP) is 3.61. The van der Waals surface area contributed by atoms with Gasteiger partial charge in [-0.25, -0.2) is 0 Å². The van der Waals surface area contributed by atoms with E-state index in [1.165, 1.54) is 30.6 Å². The van der Waals surface area contributed by atoms with Crippen molar-refractivity contribution < 1.29 is 9.53 Å². The molecule has 164 valence electrons. The fraction of sp³-hybridized carbons (Fsp3) is 0.636. The Bertz CT molecular complexity index is 658. The molecule has 29 heavy (non-hydrogen) atoms. The quantitative estimate of drug-likeness (QED) is 0.342. The second-order valence-corrected chi connectivity index (χ2v) is 8.13. The van der Waals surface area contributed by atoms with Gasteiger partial charge in [0.05, 0.1) is 0 Å². The number of nitrogens with zero attached hydrogens (tertiary/aromatic N) is 3. The number of amides is 1. The molecular formula is C22H37IN4O2. The van der Waals surface area contributed by atoms with Gasteiger partial charge >= 0.3 is 0 Å². The zero-order chi connectivity index (χ0) is 20.5. The zero-order valence-electron chi connectivity index (χ0n) is 18.5. The second-order valence-electron chi connectivity index (χ2n) is 8.13. The minimum Gasteiger partial charge on any atom is -0.484 e. The lowest BCUT2D eigenvalue weighted by atomic mass is 9.83. The lowest BCUT2D eigenvalue weighted by Gasteiger charge is -2.31. The number of likely N-dealkylation sites (N-methyl/N-ethyl adjacent to an activating group) is 1. The molecule has 6 nitrogen and oxygen atoms in total. The number of guanidine groups is 1. The maximum atomic E-state index is 11.7. The molecule has 0 unspecified atom stereocenters. The maximum Gasteiger partial charge on any atom is 0.259 e. The summed E-state index contributed by atoms with van der Waals surface area (Å²) in [6.45, 7) is 4.11. The van der Waals surface area contributed by atoms with E-state index in [9.17, 15) is 4.79 Å². The van der Waals surface area contributed by atoms with Crippen LogP contribution >= 0.6 is 24.0 Å². The number of halogens is 1. The summed E-state index contributed by atoms with van der Waals surface area (Å²) in [7, 11) is 7.39. The van der Waals surface area contributed by atoms with E-state index < -0.39 is 0 Å². The van der Waals surface area contributed by atoms with Crippen molar-refractivity contribution in [2.24, 2.45) is 16.8 Å². The third kappa shape index (κ3) is 8.80. The highest BCUT2D eigenvalue weighted by atomic mass is 127. The summed E-state index contributed by atoms with van der Waals surface area (Å²) in [6, 6.07) is 7.83. The van der Waals surface area contributed by atoms with Crippen molar-refractivity contribution in [3.63, 3.8) is 0 Å². The van der Waals surface area contributed by atoms with Gasteiger partial charge in [0.2, 0.25) is 0 Å². The van der Waals surface area contributed by atoms with Crippen molar-refractivity contribution in [1.29, 1.82) is 0 Å². The molecule has 0 aromatic heterocycles. The Morgan fingerprint density at radius 1 is 1.21 bits per heavy atom. The molecule has 1 amide bonds. The maximum absolute atomic E-state index is 11.7. The van der Waals surface area contributed by atoms with Crippen LogP contribution in [0.15, 0.2) is 29.3 Å². The lowest BCUT2D eigenvalue weighted by molar-refractivity contribution is -0.130. The highest BCUT2D eigenvalue weighted by molar-refractivity contribution is 14.0. The van der Waals surface area contributed by atoms with Crippen molar-refractivity contribution in [1.82, 2.24) is 15.1 Å². The molecule has 1 aromatic rings. The number of aliphatic imine (C=N–C) groups is 1. The van der Waals surface area contributed by atoms with Crippen LogP contribution in [0.5, 0.6) is 5.75 Å². The van der Waals surface area contributed by atoms with Crippen molar-refractivity contribution in [3.8, 4) is 5.75 Å². The summed E-state index contributed by atoms with van der Waals surface area (Å²) in [6.07, 6.45) is 5.31. The molecule has 1 fully saturated rings. The molecule has 0 aliphatic heterocycles. The van der Waals surface area contributed by atoms with Gasteiger partial charge in [-0.05, 0) is 42.4 Å². The molecule has 0 heterocycles. The van der Waals surface area contributed by atoms with Gasteiger partial charge in [-0.1, -0.05) is 31.9 Å². The molecule has 0 spiro atoms. The number of rotatable bonds is 7. The van der Waals surface area contributed by atoms with Crippen LogP contribution in [-0.2, 0) is 11.3 Å². The zero-order valence-corrected chi connectivity index (χ0v) is 20.8. The van der Waals surface area contributed by atoms with Crippen LogP contribution in [0, 0.1) is 11.8 Å². The van der Waals surface area contributed by atoms with Crippen molar-refractivity contribution >= 4 is 35.8 Å². The first-order chi connectivity index (χ1) is 13.4. The van der Waals surface area contributed by atoms with Crippen LogP contribution < -0.4 is 10.1 Å².